The van der Waals surface area contributed by atoms with Crippen molar-refractivity contribution in [1.29, 1.82) is 0 Å². The number of carbonyl (C=O) groups excluding carboxylic acids is 2. The molecule has 4 heteroatoms. The Labute approximate surface area is 125 Å². The van der Waals surface area contributed by atoms with Gasteiger partial charge >= 0.3 is 5.97 Å². The fourth-order valence-electron chi connectivity index (χ4n) is 3.12. The average Bonchev–Trinajstić information content (AvgIpc) is 2.85. The van der Waals surface area contributed by atoms with Crippen LogP contribution >= 0.6 is 0 Å². The first-order chi connectivity index (χ1) is 10.1. The van der Waals surface area contributed by atoms with Crippen molar-refractivity contribution in [3.8, 4) is 0 Å². The van der Waals surface area contributed by atoms with Crippen molar-refractivity contribution in [2.24, 2.45) is 0 Å². The van der Waals surface area contributed by atoms with Gasteiger partial charge in [0.05, 0.1) is 6.61 Å². The summed E-state index contributed by atoms with van der Waals surface area (Å²) in [4.78, 5) is 24.1. The van der Waals surface area contributed by atoms with Gasteiger partial charge < -0.3 is 10.1 Å². The second-order valence-electron chi connectivity index (χ2n) is 5.49. The first-order valence-electron chi connectivity index (χ1n) is 7.62. The summed E-state index contributed by atoms with van der Waals surface area (Å²) >= 11 is 0. The predicted octanol–water partition coefficient (Wildman–Crippen LogP) is 2.35. The average molecular weight is 289 g/mol. The Morgan fingerprint density at radius 1 is 1.29 bits per heavy atom. The van der Waals surface area contributed by atoms with Crippen molar-refractivity contribution in [1.82, 2.24) is 5.32 Å². The van der Waals surface area contributed by atoms with Crippen molar-refractivity contribution in [3.05, 3.63) is 35.4 Å². The first-order valence-corrected chi connectivity index (χ1v) is 7.62. The van der Waals surface area contributed by atoms with Crippen molar-refractivity contribution in [3.63, 3.8) is 0 Å². The van der Waals surface area contributed by atoms with Crippen molar-refractivity contribution < 1.29 is 14.3 Å². The normalized spacial score (nSPS) is 24.7. The lowest BCUT2D eigenvalue weighted by molar-refractivity contribution is -0.147. The lowest BCUT2D eigenvalue weighted by Crippen LogP contribution is -2.47. The second kappa shape index (κ2) is 6.29. The lowest BCUT2D eigenvalue weighted by Gasteiger charge is -2.32. The van der Waals surface area contributed by atoms with Crippen LogP contribution in [0, 0.1) is 0 Å². The highest BCUT2D eigenvalue weighted by Gasteiger charge is 2.51. The number of nitrogens with one attached hydrogen (secondary N) is 1. The Morgan fingerprint density at radius 3 is 2.48 bits per heavy atom. The van der Waals surface area contributed by atoms with Gasteiger partial charge in [0.1, 0.15) is 6.04 Å². The third-order valence-corrected chi connectivity index (χ3v) is 4.42. The van der Waals surface area contributed by atoms with Crippen molar-refractivity contribution in [2.45, 2.75) is 51.5 Å². The Morgan fingerprint density at radius 2 is 1.95 bits per heavy atom. The summed E-state index contributed by atoms with van der Waals surface area (Å²) in [5, 5.41) is 2.79. The summed E-state index contributed by atoms with van der Waals surface area (Å²) in [6.07, 6.45) is 2.01. The highest BCUT2D eigenvalue weighted by Crippen LogP contribution is 2.39. The minimum atomic E-state index is -0.595. The Hall–Kier alpha value is -1.84. The van der Waals surface area contributed by atoms with Crippen LogP contribution in [0.4, 0.5) is 0 Å². The first kappa shape index (κ1) is 15.5. The van der Waals surface area contributed by atoms with Gasteiger partial charge in [0, 0.05) is 11.8 Å². The summed E-state index contributed by atoms with van der Waals surface area (Å²) in [7, 11) is 0. The number of rotatable bonds is 5. The predicted molar refractivity (Wildman–Crippen MR) is 81.0 cm³/mol. The molecular formula is C17H23NO3. The highest BCUT2D eigenvalue weighted by molar-refractivity contribution is 5.91. The van der Waals surface area contributed by atoms with Gasteiger partial charge in [-0.05, 0) is 30.9 Å². The number of amides is 1. The number of hydrogen-bond acceptors (Lipinski definition) is 3. The monoisotopic (exact) mass is 289 g/mol. The Kier molecular flexibility index (Phi) is 4.66. The zero-order valence-electron chi connectivity index (χ0n) is 12.9. The SMILES string of the molecule is CCOC(=O)C1NC(=O)CC1(CC)c1ccc(CC)cc1. The van der Waals surface area contributed by atoms with Gasteiger partial charge in [0.15, 0.2) is 0 Å². The van der Waals surface area contributed by atoms with Gasteiger partial charge in [0.2, 0.25) is 5.91 Å². The van der Waals surface area contributed by atoms with E-state index < -0.39 is 11.5 Å². The zero-order valence-corrected chi connectivity index (χ0v) is 12.9. The molecule has 0 saturated carbocycles. The number of hydrogen-bond donors (Lipinski definition) is 1. The summed E-state index contributed by atoms with van der Waals surface area (Å²) < 4.78 is 5.14. The molecule has 1 aromatic rings. The van der Waals surface area contributed by atoms with E-state index in [1.165, 1.54) is 5.56 Å². The molecule has 1 fully saturated rings. The highest BCUT2D eigenvalue weighted by atomic mass is 16.5. The number of aryl methyl sites for hydroxylation is 1. The van der Waals surface area contributed by atoms with Gasteiger partial charge in [-0.2, -0.15) is 0 Å². The minimum absolute atomic E-state index is 0.0885. The molecule has 21 heavy (non-hydrogen) atoms. The smallest absolute Gasteiger partial charge is 0.329 e. The summed E-state index contributed by atoms with van der Waals surface area (Å²) in [6, 6.07) is 7.61. The van der Waals surface area contributed by atoms with Gasteiger partial charge in [-0.3, -0.25) is 4.79 Å². The van der Waals surface area contributed by atoms with E-state index in [4.69, 9.17) is 4.74 Å². The fraction of sp³-hybridized carbons (Fsp3) is 0.529. The second-order valence-corrected chi connectivity index (χ2v) is 5.49. The third-order valence-electron chi connectivity index (χ3n) is 4.42. The lowest BCUT2D eigenvalue weighted by atomic mass is 9.72. The maximum absolute atomic E-state index is 12.2. The van der Waals surface area contributed by atoms with Crippen LogP contribution in [-0.4, -0.2) is 24.5 Å². The third kappa shape index (κ3) is 2.80. The molecule has 1 amide bonds. The molecule has 0 aromatic heterocycles. The maximum Gasteiger partial charge on any atom is 0.329 e. The molecule has 1 saturated heterocycles. The number of ether oxygens (including phenoxy) is 1. The van der Waals surface area contributed by atoms with E-state index in [-0.39, 0.29) is 11.9 Å². The molecule has 0 radical (unpaired) electrons. The number of benzene rings is 1. The molecule has 1 N–H and O–H groups in total. The van der Waals surface area contributed by atoms with Crippen LogP contribution in [0.3, 0.4) is 0 Å². The van der Waals surface area contributed by atoms with E-state index in [1.807, 2.05) is 19.1 Å². The summed E-state index contributed by atoms with van der Waals surface area (Å²) in [5.74, 6) is -0.431. The molecule has 1 aromatic carbocycles. The number of carbonyl (C=O) groups is 2. The molecule has 114 valence electrons. The van der Waals surface area contributed by atoms with E-state index in [9.17, 15) is 9.59 Å². The van der Waals surface area contributed by atoms with Crippen LogP contribution in [0.5, 0.6) is 0 Å². The largest absolute Gasteiger partial charge is 0.464 e. The van der Waals surface area contributed by atoms with Gasteiger partial charge in [-0.15, -0.1) is 0 Å². The minimum Gasteiger partial charge on any atom is -0.464 e. The van der Waals surface area contributed by atoms with E-state index >= 15 is 0 Å². The molecule has 0 bridgehead atoms. The van der Waals surface area contributed by atoms with Crippen molar-refractivity contribution >= 4 is 11.9 Å². The number of esters is 1. The molecule has 2 unspecified atom stereocenters. The molecule has 1 heterocycles. The molecular weight excluding hydrogens is 266 g/mol. The van der Waals surface area contributed by atoms with Crippen LogP contribution in [-0.2, 0) is 26.2 Å². The van der Waals surface area contributed by atoms with E-state index in [1.54, 1.807) is 6.92 Å². The van der Waals surface area contributed by atoms with Crippen LogP contribution < -0.4 is 5.32 Å². The Balaban J connectivity index is 2.40. The summed E-state index contributed by atoms with van der Waals surface area (Å²) in [6.45, 7) is 6.21. The zero-order chi connectivity index (χ0) is 15.5. The van der Waals surface area contributed by atoms with Gasteiger partial charge in [-0.25, -0.2) is 4.79 Å². The van der Waals surface area contributed by atoms with Crippen LogP contribution in [0.2, 0.25) is 0 Å². The van der Waals surface area contributed by atoms with Gasteiger partial charge in [0.25, 0.3) is 0 Å². The van der Waals surface area contributed by atoms with Crippen molar-refractivity contribution in [2.75, 3.05) is 6.61 Å². The standard InChI is InChI=1S/C17H23NO3/c1-4-12-7-9-13(10-8-12)17(5-2)11-14(19)18-15(17)16(20)21-6-3/h7-10,15H,4-6,11H2,1-3H3,(H,18,19). The molecule has 1 aliphatic heterocycles. The quantitative estimate of drug-likeness (QED) is 0.847. The maximum atomic E-state index is 12.2. The van der Waals surface area contributed by atoms with E-state index in [0.717, 1.165) is 12.0 Å². The molecule has 0 aliphatic carbocycles. The molecule has 1 aliphatic rings. The van der Waals surface area contributed by atoms with Crippen LogP contribution in [0.15, 0.2) is 24.3 Å². The van der Waals surface area contributed by atoms with E-state index in [0.29, 0.717) is 19.4 Å². The summed E-state index contributed by atoms with van der Waals surface area (Å²) in [5.41, 5.74) is 1.77. The van der Waals surface area contributed by atoms with Gasteiger partial charge in [-0.1, -0.05) is 38.1 Å². The Bertz CT molecular complexity index is 523. The molecule has 2 rings (SSSR count). The molecule has 0 spiro atoms. The topological polar surface area (TPSA) is 55.4 Å². The fourth-order valence-corrected chi connectivity index (χ4v) is 3.12. The van der Waals surface area contributed by atoms with E-state index in [2.05, 4.69) is 24.4 Å². The molecule has 2 atom stereocenters. The molecule has 4 nitrogen and oxygen atoms in total. The van der Waals surface area contributed by atoms with Crippen LogP contribution in [0.1, 0.15) is 44.7 Å². The van der Waals surface area contributed by atoms with Crippen LogP contribution in [0.25, 0.3) is 0 Å².